The van der Waals surface area contributed by atoms with Gasteiger partial charge in [0, 0.05) is 6.54 Å². The van der Waals surface area contributed by atoms with Crippen LogP contribution < -0.4 is 10.0 Å². The molecule has 0 heterocycles. The van der Waals surface area contributed by atoms with Crippen LogP contribution in [0.4, 0.5) is 11.4 Å². The average molecular weight is 270 g/mol. The molecule has 1 aromatic carbocycles. The molecule has 0 aliphatic heterocycles. The fourth-order valence-corrected chi connectivity index (χ4v) is 3.79. The molecule has 5 heteroatoms. The molecule has 0 aliphatic carbocycles. The first-order valence-corrected chi connectivity index (χ1v) is 7.84. The summed E-state index contributed by atoms with van der Waals surface area (Å²) in [6, 6.07) is 7.09. The molecule has 0 atom stereocenters. The summed E-state index contributed by atoms with van der Waals surface area (Å²) < 4.78 is 26.1. The lowest BCUT2D eigenvalue weighted by Crippen LogP contribution is -2.35. The monoisotopic (exact) mass is 270 g/mol. The second-order valence-corrected chi connectivity index (χ2v) is 6.74. The highest BCUT2D eigenvalue weighted by Gasteiger charge is 2.24. The van der Waals surface area contributed by atoms with E-state index >= 15 is 0 Å². The van der Waals surface area contributed by atoms with Gasteiger partial charge in [0.05, 0.1) is 17.1 Å². The van der Waals surface area contributed by atoms with E-state index in [1.165, 1.54) is 4.31 Å². The standard InChI is InChI=1S/C13H22N2O2S/c1-4-9-15(18(16,17)10-11(2)3)13-8-6-5-7-12(13)14/h5-8,11H,4,9-10,14H2,1-3H3. The first-order chi connectivity index (χ1) is 8.38. The highest BCUT2D eigenvalue weighted by atomic mass is 32.2. The normalized spacial score (nSPS) is 11.8. The van der Waals surface area contributed by atoms with Crippen molar-refractivity contribution in [3.8, 4) is 0 Å². The summed E-state index contributed by atoms with van der Waals surface area (Å²) in [4.78, 5) is 0. The van der Waals surface area contributed by atoms with E-state index in [0.717, 1.165) is 6.42 Å². The van der Waals surface area contributed by atoms with Crippen LogP contribution in [0.15, 0.2) is 24.3 Å². The third-order valence-electron chi connectivity index (χ3n) is 2.51. The molecule has 0 amide bonds. The zero-order chi connectivity index (χ0) is 13.8. The van der Waals surface area contributed by atoms with Crippen molar-refractivity contribution < 1.29 is 8.42 Å². The van der Waals surface area contributed by atoms with Crippen LogP contribution in [0.25, 0.3) is 0 Å². The summed E-state index contributed by atoms with van der Waals surface area (Å²) in [5, 5.41) is 0. The topological polar surface area (TPSA) is 63.4 Å². The molecular formula is C13H22N2O2S. The molecule has 18 heavy (non-hydrogen) atoms. The molecule has 0 bridgehead atoms. The molecule has 4 nitrogen and oxygen atoms in total. The second-order valence-electron chi connectivity index (χ2n) is 4.80. The third kappa shape index (κ3) is 3.63. The molecular weight excluding hydrogens is 248 g/mol. The van der Waals surface area contributed by atoms with Crippen molar-refractivity contribution in [2.24, 2.45) is 5.92 Å². The number of anilines is 2. The van der Waals surface area contributed by atoms with Crippen LogP contribution in [0, 0.1) is 5.92 Å². The fraction of sp³-hybridized carbons (Fsp3) is 0.538. The Morgan fingerprint density at radius 1 is 1.28 bits per heavy atom. The maximum absolute atomic E-state index is 12.4. The molecule has 2 N–H and O–H groups in total. The second kappa shape index (κ2) is 6.09. The quantitative estimate of drug-likeness (QED) is 0.808. The molecule has 0 fully saturated rings. The molecule has 0 saturated heterocycles. The minimum absolute atomic E-state index is 0.0966. The van der Waals surface area contributed by atoms with Crippen LogP contribution in [-0.2, 0) is 10.0 Å². The van der Waals surface area contributed by atoms with E-state index in [9.17, 15) is 8.42 Å². The molecule has 1 aromatic rings. The van der Waals surface area contributed by atoms with Gasteiger partial charge in [-0.05, 0) is 24.5 Å². The van der Waals surface area contributed by atoms with Gasteiger partial charge in [-0.25, -0.2) is 8.42 Å². The van der Waals surface area contributed by atoms with E-state index in [1.54, 1.807) is 24.3 Å². The van der Waals surface area contributed by atoms with Gasteiger partial charge in [-0.2, -0.15) is 0 Å². The van der Waals surface area contributed by atoms with Crippen LogP contribution in [0.1, 0.15) is 27.2 Å². The van der Waals surface area contributed by atoms with Crippen molar-refractivity contribution >= 4 is 21.4 Å². The molecule has 0 aliphatic rings. The van der Waals surface area contributed by atoms with Crippen molar-refractivity contribution in [3.05, 3.63) is 24.3 Å². The summed E-state index contributed by atoms with van der Waals surface area (Å²) in [5.41, 5.74) is 6.95. The van der Waals surface area contributed by atoms with E-state index in [-0.39, 0.29) is 11.7 Å². The molecule has 0 spiro atoms. The van der Waals surface area contributed by atoms with Crippen molar-refractivity contribution in [3.63, 3.8) is 0 Å². The largest absolute Gasteiger partial charge is 0.397 e. The summed E-state index contributed by atoms with van der Waals surface area (Å²) in [5.74, 6) is 0.237. The Labute approximate surface area is 110 Å². The Morgan fingerprint density at radius 2 is 1.89 bits per heavy atom. The average Bonchev–Trinajstić information content (AvgIpc) is 2.25. The summed E-state index contributed by atoms with van der Waals surface area (Å²) >= 11 is 0. The van der Waals surface area contributed by atoms with Crippen molar-refractivity contribution in [2.75, 3.05) is 22.3 Å². The van der Waals surface area contributed by atoms with Gasteiger partial charge in [0.2, 0.25) is 10.0 Å². The fourth-order valence-electron chi connectivity index (χ4n) is 1.84. The molecule has 0 aromatic heterocycles. The minimum Gasteiger partial charge on any atom is -0.397 e. The summed E-state index contributed by atoms with van der Waals surface area (Å²) in [6.07, 6.45) is 0.756. The zero-order valence-corrected chi connectivity index (χ0v) is 12.1. The number of nitrogens with two attached hydrogens (primary N) is 1. The lowest BCUT2D eigenvalue weighted by atomic mass is 10.2. The van der Waals surface area contributed by atoms with Gasteiger partial charge < -0.3 is 5.73 Å². The lowest BCUT2D eigenvalue weighted by molar-refractivity contribution is 0.576. The van der Waals surface area contributed by atoms with E-state index in [1.807, 2.05) is 20.8 Å². The number of sulfonamides is 1. The molecule has 0 saturated carbocycles. The predicted octanol–water partition coefficient (Wildman–Crippen LogP) is 2.47. The Bertz CT molecular complexity index is 484. The summed E-state index contributed by atoms with van der Waals surface area (Å²) in [7, 11) is -3.31. The van der Waals surface area contributed by atoms with Crippen LogP contribution >= 0.6 is 0 Å². The van der Waals surface area contributed by atoms with Gasteiger partial charge >= 0.3 is 0 Å². The van der Waals surface area contributed by atoms with E-state index < -0.39 is 10.0 Å². The highest BCUT2D eigenvalue weighted by Crippen LogP contribution is 2.26. The van der Waals surface area contributed by atoms with Crippen molar-refractivity contribution in [1.29, 1.82) is 0 Å². The van der Waals surface area contributed by atoms with E-state index in [0.29, 0.717) is 17.9 Å². The van der Waals surface area contributed by atoms with Gasteiger partial charge in [0.25, 0.3) is 0 Å². The van der Waals surface area contributed by atoms with Gasteiger partial charge in [-0.3, -0.25) is 4.31 Å². The first kappa shape index (κ1) is 14.8. The Morgan fingerprint density at radius 3 is 2.39 bits per heavy atom. The SMILES string of the molecule is CCCN(c1ccccc1N)S(=O)(=O)CC(C)C. The lowest BCUT2D eigenvalue weighted by Gasteiger charge is -2.26. The Balaban J connectivity index is 3.15. The number of para-hydroxylation sites is 2. The Kier molecular flexibility index (Phi) is 5.02. The zero-order valence-electron chi connectivity index (χ0n) is 11.3. The van der Waals surface area contributed by atoms with Crippen LogP contribution in [-0.4, -0.2) is 20.7 Å². The third-order valence-corrected chi connectivity index (χ3v) is 4.65. The molecule has 102 valence electrons. The van der Waals surface area contributed by atoms with Crippen molar-refractivity contribution in [2.45, 2.75) is 27.2 Å². The number of benzene rings is 1. The molecule has 0 unspecified atom stereocenters. The van der Waals surface area contributed by atoms with Gasteiger partial charge in [0.15, 0.2) is 0 Å². The number of hydrogen-bond acceptors (Lipinski definition) is 3. The van der Waals surface area contributed by atoms with Crippen molar-refractivity contribution in [1.82, 2.24) is 0 Å². The maximum atomic E-state index is 12.4. The number of nitrogens with zero attached hydrogens (tertiary/aromatic N) is 1. The van der Waals surface area contributed by atoms with Gasteiger partial charge in [-0.15, -0.1) is 0 Å². The first-order valence-electron chi connectivity index (χ1n) is 6.23. The smallest absolute Gasteiger partial charge is 0.235 e. The maximum Gasteiger partial charge on any atom is 0.235 e. The summed E-state index contributed by atoms with van der Waals surface area (Å²) in [6.45, 7) is 6.21. The van der Waals surface area contributed by atoms with E-state index in [2.05, 4.69) is 0 Å². The molecule has 0 radical (unpaired) electrons. The van der Waals surface area contributed by atoms with Crippen LogP contribution in [0.3, 0.4) is 0 Å². The van der Waals surface area contributed by atoms with E-state index in [4.69, 9.17) is 5.73 Å². The number of hydrogen-bond donors (Lipinski definition) is 1. The minimum atomic E-state index is -3.31. The number of nitrogen functional groups attached to an aromatic ring is 1. The Hall–Kier alpha value is -1.23. The van der Waals surface area contributed by atoms with Crippen LogP contribution in [0.2, 0.25) is 0 Å². The predicted molar refractivity (Wildman–Crippen MR) is 77.1 cm³/mol. The number of rotatable bonds is 6. The molecule has 1 rings (SSSR count). The van der Waals surface area contributed by atoms with Crippen LogP contribution in [0.5, 0.6) is 0 Å². The highest BCUT2D eigenvalue weighted by molar-refractivity contribution is 7.92. The van der Waals surface area contributed by atoms with Gasteiger partial charge in [-0.1, -0.05) is 32.9 Å². The van der Waals surface area contributed by atoms with Gasteiger partial charge in [0.1, 0.15) is 0 Å².